The lowest BCUT2D eigenvalue weighted by Gasteiger charge is -2.19. The number of methoxy groups -OCH3 is 2. The Bertz CT molecular complexity index is 924. The molecule has 1 heterocycles. The average Bonchev–Trinajstić information content (AvgIpc) is 3.29. The molecule has 1 amide bonds. The van der Waals surface area contributed by atoms with Gasteiger partial charge >= 0.3 is 0 Å². The number of hydrogen-bond acceptors (Lipinski definition) is 5. The molecule has 0 aliphatic carbocycles. The molecule has 0 fully saturated rings. The smallest absolute Gasteiger partial charge is 0.238 e. The molecule has 0 radical (unpaired) electrons. The van der Waals surface area contributed by atoms with Crippen molar-refractivity contribution in [3.63, 3.8) is 0 Å². The van der Waals surface area contributed by atoms with E-state index in [9.17, 15) is 4.79 Å². The quantitative estimate of drug-likeness (QED) is 0.539. The fraction of sp³-hybridized carbons (Fsp3) is 0.261. The normalized spacial score (nSPS) is 11.7. The van der Waals surface area contributed by atoms with Crippen LogP contribution in [0, 0.1) is 0 Å². The molecule has 2 N–H and O–H groups in total. The first-order valence-corrected chi connectivity index (χ1v) is 10.4. The number of anilines is 1. The van der Waals surface area contributed by atoms with Gasteiger partial charge in [0.1, 0.15) is 11.5 Å². The van der Waals surface area contributed by atoms with E-state index >= 15 is 0 Å². The van der Waals surface area contributed by atoms with E-state index in [1.54, 1.807) is 43.8 Å². The minimum Gasteiger partial charge on any atom is -0.497 e. The topological polar surface area (TPSA) is 59.6 Å². The number of nitrogens with one attached hydrogen (secondary N) is 2. The van der Waals surface area contributed by atoms with Gasteiger partial charge in [0, 0.05) is 10.9 Å². The van der Waals surface area contributed by atoms with Gasteiger partial charge in [-0.15, -0.1) is 11.3 Å². The van der Waals surface area contributed by atoms with Gasteiger partial charge in [0.25, 0.3) is 0 Å². The Kier molecular flexibility index (Phi) is 7.27. The summed E-state index contributed by atoms with van der Waals surface area (Å²) in [6, 6.07) is 17.9. The number of rotatable bonds is 9. The van der Waals surface area contributed by atoms with E-state index in [0.717, 1.165) is 12.0 Å². The Morgan fingerprint density at radius 2 is 1.86 bits per heavy atom. The molecule has 0 aliphatic rings. The number of carbonyl (C=O) groups excluding carboxylic acids is 1. The minimum absolute atomic E-state index is 0.0427. The van der Waals surface area contributed by atoms with Gasteiger partial charge in [0.15, 0.2) is 0 Å². The summed E-state index contributed by atoms with van der Waals surface area (Å²) >= 11 is 1.67. The summed E-state index contributed by atoms with van der Waals surface area (Å²) in [5, 5.41) is 8.34. The van der Waals surface area contributed by atoms with Crippen LogP contribution >= 0.6 is 11.3 Å². The summed E-state index contributed by atoms with van der Waals surface area (Å²) in [6.45, 7) is 2.31. The number of ether oxygens (including phenoxy) is 2. The van der Waals surface area contributed by atoms with Crippen molar-refractivity contribution in [2.45, 2.75) is 19.4 Å². The SMILES string of the molecule is CCc1ccc([C@@H](NCC(=O)Nc2cc(OC)ccc2OC)c2cccs2)cc1. The molecular weight excluding hydrogens is 384 g/mol. The fourth-order valence-electron chi connectivity index (χ4n) is 3.08. The Morgan fingerprint density at radius 3 is 2.48 bits per heavy atom. The zero-order valence-corrected chi connectivity index (χ0v) is 17.7. The third kappa shape index (κ3) is 5.37. The van der Waals surface area contributed by atoms with Crippen molar-refractivity contribution in [1.82, 2.24) is 5.32 Å². The third-order valence-electron chi connectivity index (χ3n) is 4.70. The van der Waals surface area contributed by atoms with Crippen molar-refractivity contribution in [2.24, 2.45) is 0 Å². The second-order valence-electron chi connectivity index (χ2n) is 6.54. The van der Waals surface area contributed by atoms with Gasteiger partial charge < -0.3 is 14.8 Å². The first-order chi connectivity index (χ1) is 14.1. The fourth-order valence-corrected chi connectivity index (χ4v) is 3.91. The predicted molar refractivity (Wildman–Crippen MR) is 118 cm³/mol. The first kappa shape index (κ1) is 20.9. The molecule has 29 heavy (non-hydrogen) atoms. The van der Waals surface area contributed by atoms with E-state index in [2.05, 4.69) is 47.9 Å². The molecule has 1 atom stereocenters. The molecule has 6 heteroatoms. The number of thiophene rings is 1. The van der Waals surface area contributed by atoms with Gasteiger partial charge in [-0.25, -0.2) is 0 Å². The number of benzene rings is 2. The van der Waals surface area contributed by atoms with Crippen LogP contribution in [0.15, 0.2) is 60.0 Å². The van der Waals surface area contributed by atoms with Crippen LogP contribution in [0.1, 0.15) is 29.0 Å². The maximum Gasteiger partial charge on any atom is 0.238 e. The summed E-state index contributed by atoms with van der Waals surface area (Å²) in [4.78, 5) is 13.8. The monoisotopic (exact) mass is 410 g/mol. The molecule has 0 saturated heterocycles. The van der Waals surface area contributed by atoms with Crippen molar-refractivity contribution in [2.75, 3.05) is 26.1 Å². The lowest BCUT2D eigenvalue weighted by atomic mass is 10.0. The van der Waals surface area contributed by atoms with Gasteiger partial charge in [0.05, 0.1) is 32.5 Å². The van der Waals surface area contributed by atoms with Crippen LogP contribution in [0.4, 0.5) is 5.69 Å². The van der Waals surface area contributed by atoms with E-state index in [0.29, 0.717) is 17.2 Å². The molecule has 0 unspecified atom stereocenters. The Morgan fingerprint density at radius 1 is 1.07 bits per heavy atom. The maximum atomic E-state index is 12.6. The lowest BCUT2D eigenvalue weighted by Crippen LogP contribution is -2.31. The number of hydrogen-bond donors (Lipinski definition) is 2. The maximum absolute atomic E-state index is 12.6. The number of amides is 1. The van der Waals surface area contributed by atoms with Crippen LogP contribution in [-0.4, -0.2) is 26.7 Å². The van der Waals surface area contributed by atoms with E-state index in [-0.39, 0.29) is 18.5 Å². The van der Waals surface area contributed by atoms with Gasteiger partial charge in [0.2, 0.25) is 5.91 Å². The summed E-state index contributed by atoms with van der Waals surface area (Å²) in [7, 11) is 3.16. The van der Waals surface area contributed by atoms with Crippen LogP contribution in [0.25, 0.3) is 0 Å². The second kappa shape index (κ2) is 10.1. The van der Waals surface area contributed by atoms with E-state index in [1.807, 2.05) is 11.4 Å². The Balaban J connectivity index is 1.72. The molecule has 0 bridgehead atoms. The van der Waals surface area contributed by atoms with Crippen molar-refractivity contribution in [1.29, 1.82) is 0 Å². The molecular formula is C23H26N2O3S. The van der Waals surface area contributed by atoms with Crippen molar-refractivity contribution >= 4 is 22.9 Å². The van der Waals surface area contributed by atoms with Gasteiger partial charge in [-0.3, -0.25) is 10.1 Å². The second-order valence-corrected chi connectivity index (χ2v) is 7.52. The molecule has 0 aliphatic heterocycles. The van der Waals surface area contributed by atoms with Crippen LogP contribution in [0.2, 0.25) is 0 Å². The number of aryl methyl sites for hydroxylation is 1. The average molecular weight is 411 g/mol. The largest absolute Gasteiger partial charge is 0.497 e. The van der Waals surface area contributed by atoms with Gasteiger partial charge in [-0.2, -0.15) is 0 Å². The molecule has 3 rings (SSSR count). The Hall–Kier alpha value is -2.83. The van der Waals surface area contributed by atoms with Gasteiger partial charge in [-0.05, 0) is 41.1 Å². The molecule has 152 valence electrons. The zero-order chi connectivity index (χ0) is 20.6. The van der Waals surface area contributed by atoms with Crippen molar-refractivity contribution < 1.29 is 14.3 Å². The molecule has 3 aromatic rings. The highest BCUT2D eigenvalue weighted by Crippen LogP contribution is 2.29. The predicted octanol–water partition coefficient (Wildman–Crippen LogP) is 4.65. The highest BCUT2D eigenvalue weighted by atomic mass is 32.1. The Labute approximate surface area is 175 Å². The van der Waals surface area contributed by atoms with E-state index in [1.165, 1.54) is 10.4 Å². The van der Waals surface area contributed by atoms with Gasteiger partial charge in [-0.1, -0.05) is 37.3 Å². The van der Waals surface area contributed by atoms with Crippen LogP contribution in [0.5, 0.6) is 11.5 Å². The third-order valence-corrected chi connectivity index (χ3v) is 5.63. The van der Waals surface area contributed by atoms with Crippen LogP contribution in [-0.2, 0) is 11.2 Å². The molecule has 2 aromatic carbocycles. The van der Waals surface area contributed by atoms with Crippen molar-refractivity contribution in [3.05, 3.63) is 76.0 Å². The molecule has 5 nitrogen and oxygen atoms in total. The highest BCUT2D eigenvalue weighted by Gasteiger charge is 2.17. The summed E-state index contributed by atoms with van der Waals surface area (Å²) in [5.41, 5.74) is 3.01. The number of carbonyl (C=O) groups is 1. The van der Waals surface area contributed by atoms with Crippen LogP contribution < -0.4 is 20.1 Å². The lowest BCUT2D eigenvalue weighted by molar-refractivity contribution is -0.115. The van der Waals surface area contributed by atoms with Crippen LogP contribution in [0.3, 0.4) is 0 Å². The zero-order valence-electron chi connectivity index (χ0n) is 16.9. The molecule has 1 aromatic heterocycles. The van der Waals surface area contributed by atoms with Crippen molar-refractivity contribution in [3.8, 4) is 11.5 Å². The van der Waals surface area contributed by atoms with E-state index in [4.69, 9.17) is 9.47 Å². The summed E-state index contributed by atoms with van der Waals surface area (Å²) in [6.07, 6.45) is 1.00. The molecule has 0 saturated carbocycles. The standard InChI is InChI=1S/C23H26N2O3S/c1-4-16-7-9-17(10-8-16)23(21-6-5-13-29-21)24-15-22(26)25-19-14-18(27-2)11-12-20(19)28-3/h5-14,23-24H,4,15H2,1-3H3,(H,25,26)/t23-/m1/s1. The molecule has 0 spiro atoms. The summed E-state index contributed by atoms with van der Waals surface area (Å²) in [5.74, 6) is 1.09. The minimum atomic E-state index is -0.150. The van der Waals surface area contributed by atoms with E-state index < -0.39 is 0 Å². The first-order valence-electron chi connectivity index (χ1n) is 9.52. The highest BCUT2D eigenvalue weighted by molar-refractivity contribution is 7.10. The summed E-state index contributed by atoms with van der Waals surface area (Å²) < 4.78 is 10.6.